The number of amides is 1. The largest absolute Gasteiger partial charge is 0.382 e. The summed E-state index contributed by atoms with van der Waals surface area (Å²) in [6.07, 6.45) is 4.33. The lowest BCUT2D eigenvalue weighted by Crippen LogP contribution is -2.69. The maximum absolute atomic E-state index is 14.6. The number of pyridine rings is 2. The minimum Gasteiger partial charge on any atom is -0.382 e. The van der Waals surface area contributed by atoms with Crippen LogP contribution in [0.2, 0.25) is 0 Å². The number of hydrogen-bond donors (Lipinski definition) is 0. The average molecular weight is 611 g/mol. The predicted molar refractivity (Wildman–Crippen MR) is 165 cm³/mol. The Labute approximate surface area is 258 Å². The van der Waals surface area contributed by atoms with Crippen LogP contribution in [0.15, 0.2) is 31.0 Å². The monoisotopic (exact) mass is 610 g/mol. The zero-order valence-electron chi connectivity index (χ0n) is 25.9. The molecule has 238 valence electrons. The summed E-state index contributed by atoms with van der Waals surface area (Å²) in [5.74, 6) is 0.573. The van der Waals surface area contributed by atoms with E-state index in [1.807, 2.05) is 17.2 Å². The molecule has 2 fully saturated rings. The van der Waals surface area contributed by atoms with Gasteiger partial charge in [-0.1, -0.05) is 6.58 Å². The van der Waals surface area contributed by atoms with E-state index in [0.717, 1.165) is 56.7 Å². The van der Waals surface area contributed by atoms with E-state index in [0.29, 0.717) is 63.2 Å². The Morgan fingerprint density at radius 3 is 2.68 bits per heavy atom. The Balaban J connectivity index is 1.24. The molecule has 0 bridgehead atoms. The van der Waals surface area contributed by atoms with Gasteiger partial charge in [0.05, 0.1) is 18.9 Å². The van der Waals surface area contributed by atoms with Crippen LogP contribution >= 0.6 is 0 Å². The normalized spacial score (nSPS) is 24.6. The first-order chi connectivity index (χ1) is 21.4. The molecule has 6 heterocycles. The molecule has 0 radical (unpaired) electrons. The molecule has 0 spiro atoms. The molecule has 2 aromatic rings. The molecule has 4 aliphatic heterocycles. The van der Waals surface area contributed by atoms with Crippen molar-refractivity contribution in [3.63, 3.8) is 0 Å². The van der Waals surface area contributed by atoms with Crippen molar-refractivity contribution in [1.82, 2.24) is 19.8 Å². The van der Waals surface area contributed by atoms with Gasteiger partial charge in [0.15, 0.2) is 0 Å². The van der Waals surface area contributed by atoms with Crippen molar-refractivity contribution < 1.29 is 23.0 Å². The van der Waals surface area contributed by atoms with Crippen LogP contribution in [0.1, 0.15) is 59.9 Å². The maximum Gasteiger partial charge on any atom is 0.280 e. The number of halogens is 2. The van der Waals surface area contributed by atoms with E-state index in [-0.39, 0.29) is 23.7 Å². The maximum atomic E-state index is 14.6. The van der Waals surface area contributed by atoms with E-state index < -0.39 is 6.43 Å². The van der Waals surface area contributed by atoms with Gasteiger partial charge in [-0.25, -0.2) is 13.8 Å². The van der Waals surface area contributed by atoms with E-state index in [2.05, 4.69) is 44.2 Å². The Hall–Kier alpha value is -3.15. The van der Waals surface area contributed by atoms with Crippen molar-refractivity contribution in [1.29, 1.82) is 0 Å². The minimum absolute atomic E-state index is 0.0194. The molecule has 11 heteroatoms. The summed E-state index contributed by atoms with van der Waals surface area (Å²) in [5, 5.41) is 0. The lowest BCUT2D eigenvalue weighted by atomic mass is 9.90. The summed E-state index contributed by atoms with van der Waals surface area (Å²) in [5.41, 5.74) is 4.78. The number of carbonyl (C=O) groups excluding carboxylic acids is 1. The number of nitrogens with zero attached hydrogens (tertiary/aromatic N) is 6. The lowest BCUT2D eigenvalue weighted by molar-refractivity contribution is -0.128. The molecule has 3 unspecified atom stereocenters. The number of anilines is 2. The van der Waals surface area contributed by atoms with E-state index in [9.17, 15) is 13.6 Å². The van der Waals surface area contributed by atoms with Gasteiger partial charge in [0.1, 0.15) is 17.6 Å². The third kappa shape index (κ3) is 6.06. The quantitative estimate of drug-likeness (QED) is 0.453. The second-order valence-electron chi connectivity index (χ2n) is 12.3. The van der Waals surface area contributed by atoms with Crippen LogP contribution in [0.4, 0.5) is 20.3 Å². The van der Waals surface area contributed by atoms with E-state index in [4.69, 9.17) is 9.47 Å². The zero-order chi connectivity index (χ0) is 30.8. The molecule has 9 nitrogen and oxygen atoms in total. The fourth-order valence-corrected chi connectivity index (χ4v) is 7.48. The summed E-state index contributed by atoms with van der Waals surface area (Å²) in [4.78, 5) is 30.1. The number of carbonyl (C=O) groups is 1. The van der Waals surface area contributed by atoms with E-state index in [1.165, 1.54) is 17.2 Å². The number of aromatic nitrogens is 2. The SMILES string of the molecule is C=CC(=O)N1CCN(C2CN3c4cc(N5CCCc6c(C)ccnc6C(COC)OCC5)nc(C(F)F)c4CCCC23)CC1. The fourth-order valence-electron chi connectivity index (χ4n) is 7.48. The average Bonchev–Trinajstić information content (AvgIpc) is 3.15. The van der Waals surface area contributed by atoms with Gasteiger partial charge in [-0.2, -0.15) is 0 Å². The molecule has 0 saturated carbocycles. The first-order valence-corrected chi connectivity index (χ1v) is 15.9. The fraction of sp³-hybridized carbons (Fsp3) is 0.606. The smallest absolute Gasteiger partial charge is 0.280 e. The first-order valence-electron chi connectivity index (χ1n) is 15.9. The molecule has 1 amide bonds. The van der Waals surface area contributed by atoms with E-state index >= 15 is 0 Å². The number of alkyl halides is 2. The molecule has 0 aromatic carbocycles. The number of fused-ring (bicyclic) bond motifs is 4. The van der Waals surface area contributed by atoms with Crippen LogP contribution in [0, 0.1) is 6.92 Å². The van der Waals surface area contributed by atoms with Crippen molar-refractivity contribution in [2.24, 2.45) is 0 Å². The van der Waals surface area contributed by atoms with Crippen molar-refractivity contribution in [3.8, 4) is 0 Å². The third-order valence-corrected chi connectivity index (χ3v) is 9.87. The van der Waals surface area contributed by atoms with Gasteiger partial charge in [0, 0.05) is 88.5 Å². The van der Waals surface area contributed by atoms with Crippen LogP contribution in [0.25, 0.3) is 0 Å². The number of aryl methyl sites for hydroxylation is 1. The second kappa shape index (κ2) is 13.5. The molecule has 2 saturated heterocycles. The van der Waals surface area contributed by atoms with Gasteiger partial charge in [-0.05, 0) is 62.3 Å². The van der Waals surface area contributed by atoms with Crippen LogP contribution in [0.5, 0.6) is 0 Å². The Kier molecular flexibility index (Phi) is 9.44. The molecule has 6 rings (SSSR count). The molecular formula is C33H44F2N6O3. The van der Waals surface area contributed by atoms with Gasteiger partial charge in [0.25, 0.3) is 6.43 Å². The molecule has 2 aromatic heterocycles. The Morgan fingerprint density at radius 2 is 1.93 bits per heavy atom. The number of rotatable bonds is 6. The van der Waals surface area contributed by atoms with Crippen LogP contribution in [-0.4, -0.2) is 104 Å². The molecule has 0 N–H and O–H groups in total. The first kappa shape index (κ1) is 30.9. The summed E-state index contributed by atoms with van der Waals surface area (Å²) < 4.78 is 41.0. The summed E-state index contributed by atoms with van der Waals surface area (Å²) in [6.45, 7) is 11.5. The molecular weight excluding hydrogens is 566 g/mol. The molecule has 3 atom stereocenters. The molecule has 44 heavy (non-hydrogen) atoms. The predicted octanol–water partition coefficient (Wildman–Crippen LogP) is 4.10. The highest BCUT2D eigenvalue weighted by molar-refractivity contribution is 5.87. The minimum atomic E-state index is -2.64. The third-order valence-electron chi connectivity index (χ3n) is 9.87. The lowest BCUT2D eigenvalue weighted by Gasteiger charge is -2.55. The number of ether oxygens (including phenoxy) is 2. The van der Waals surface area contributed by atoms with Gasteiger partial charge in [-0.3, -0.25) is 14.7 Å². The summed E-state index contributed by atoms with van der Waals surface area (Å²) >= 11 is 0. The van der Waals surface area contributed by atoms with Crippen LogP contribution < -0.4 is 9.80 Å². The molecule has 4 aliphatic rings. The van der Waals surface area contributed by atoms with Crippen molar-refractivity contribution in [2.75, 3.05) is 75.9 Å². The highest BCUT2D eigenvalue weighted by atomic mass is 19.3. The zero-order valence-corrected chi connectivity index (χ0v) is 25.9. The highest BCUT2D eigenvalue weighted by Crippen LogP contribution is 2.43. The summed E-state index contributed by atoms with van der Waals surface area (Å²) in [6, 6.07) is 4.69. The van der Waals surface area contributed by atoms with Crippen molar-refractivity contribution in [3.05, 3.63) is 59.1 Å². The number of piperazine rings is 1. The van der Waals surface area contributed by atoms with Gasteiger partial charge >= 0.3 is 0 Å². The Morgan fingerprint density at radius 1 is 1.14 bits per heavy atom. The highest BCUT2D eigenvalue weighted by Gasteiger charge is 2.45. The standard InChI is InChI=1S/C33H44F2N6O3/c1-4-30(42)40-15-13-38(14-16-40)27-20-41-25(27)9-5-7-24-26(41)19-29(37-32(24)33(34)35)39-12-6-8-23-22(2)10-11-36-31(23)28(21-43-3)44-18-17-39/h4,10-11,19,25,27-28,33H,1,5-9,12-18,20-21H2,2-3H3. The second-order valence-corrected chi connectivity index (χ2v) is 12.3. The van der Waals surface area contributed by atoms with E-state index in [1.54, 1.807) is 7.11 Å². The van der Waals surface area contributed by atoms with Crippen LogP contribution in [0.3, 0.4) is 0 Å². The summed E-state index contributed by atoms with van der Waals surface area (Å²) in [7, 11) is 1.66. The van der Waals surface area contributed by atoms with Crippen LogP contribution in [-0.2, 0) is 27.1 Å². The topological polar surface area (TPSA) is 74.3 Å². The Bertz CT molecular complexity index is 1350. The van der Waals surface area contributed by atoms with Crippen molar-refractivity contribution in [2.45, 2.75) is 63.6 Å². The number of methoxy groups -OCH3 is 1. The molecule has 0 aliphatic carbocycles. The number of hydrogen-bond acceptors (Lipinski definition) is 8. The van der Waals surface area contributed by atoms with Gasteiger partial charge < -0.3 is 24.2 Å². The van der Waals surface area contributed by atoms with Gasteiger partial charge in [-0.15, -0.1) is 0 Å². The van der Waals surface area contributed by atoms with Gasteiger partial charge in [0.2, 0.25) is 5.91 Å². The van der Waals surface area contributed by atoms with Crippen molar-refractivity contribution >= 4 is 17.4 Å².